The van der Waals surface area contributed by atoms with Crippen LogP contribution in [-0.4, -0.2) is 108 Å². The first-order valence-corrected chi connectivity index (χ1v) is 20.4. The molecule has 7 rings (SSSR count). The van der Waals surface area contributed by atoms with Gasteiger partial charge in [-0.15, -0.1) is 10.2 Å². The predicted molar refractivity (Wildman–Crippen MR) is 215 cm³/mol. The molecule has 4 fully saturated rings. The summed E-state index contributed by atoms with van der Waals surface area (Å²) in [5, 5.41) is 20.2. The van der Waals surface area contributed by atoms with Gasteiger partial charge >= 0.3 is 0 Å². The number of piperazine rings is 1. The van der Waals surface area contributed by atoms with Crippen molar-refractivity contribution in [3.63, 3.8) is 0 Å². The molecule has 0 spiro atoms. The molecule has 1 aromatic heterocycles. The van der Waals surface area contributed by atoms with E-state index in [9.17, 15) is 24.4 Å². The third-order valence-electron chi connectivity index (χ3n) is 12.1. The Morgan fingerprint density at radius 3 is 2.26 bits per heavy atom. The van der Waals surface area contributed by atoms with E-state index in [1.165, 1.54) is 0 Å². The highest BCUT2D eigenvalue weighted by Crippen LogP contribution is 2.34. The number of anilines is 2. The van der Waals surface area contributed by atoms with E-state index in [1.54, 1.807) is 24.3 Å². The van der Waals surface area contributed by atoms with Crippen molar-refractivity contribution in [3.8, 4) is 11.8 Å². The van der Waals surface area contributed by atoms with Crippen LogP contribution in [0.5, 0.6) is 5.75 Å². The summed E-state index contributed by atoms with van der Waals surface area (Å²) < 4.78 is 6.23. The van der Waals surface area contributed by atoms with E-state index in [1.807, 2.05) is 42.2 Å². The van der Waals surface area contributed by atoms with Crippen molar-refractivity contribution in [2.24, 2.45) is 17.6 Å². The Balaban J connectivity index is 0.936. The van der Waals surface area contributed by atoms with Gasteiger partial charge in [-0.1, -0.05) is 11.6 Å². The van der Waals surface area contributed by atoms with Crippen molar-refractivity contribution in [1.29, 1.82) is 5.26 Å². The number of hydrogen-bond acceptors (Lipinski definition) is 11. The summed E-state index contributed by atoms with van der Waals surface area (Å²) in [4.78, 5) is 59.8. The highest BCUT2D eigenvalue weighted by Gasteiger charge is 2.40. The van der Waals surface area contributed by atoms with Crippen LogP contribution in [0.2, 0.25) is 5.02 Å². The third kappa shape index (κ3) is 9.48. The van der Waals surface area contributed by atoms with Crippen LogP contribution in [0.3, 0.4) is 0 Å². The number of halogens is 1. The molecule has 0 bridgehead atoms. The molecule has 3 N–H and O–H groups in total. The number of carbonyl (C=O) groups is 4. The van der Waals surface area contributed by atoms with Crippen LogP contribution >= 0.6 is 11.6 Å². The molecule has 15 heteroatoms. The summed E-state index contributed by atoms with van der Waals surface area (Å²) in [5.41, 5.74) is 7.52. The Morgan fingerprint density at radius 1 is 0.930 bits per heavy atom. The van der Waals surface area contributed by atoms with Crippen LogP contribution in [0.4, 0.5) is 11.5 Å². The number of nitrogens with one attached hydrogen (secondary N) is 1. The van der Waals surface area contributed by atoms with E-state index in [0.717, 1.165) is 70.2 Å². The minimum atomic E-state index is -0.577. The molecule has 14 nitrogen and oxygen atoms in total. The number of hydrogen-bond donors (Lipinski definition) is 2. The van der Waals surface area contributed by atoms with E-state index < -0.39 is 17.9 Å². The zero-order valence-electron chi connectivity index (χ0n) is 32.3. The molecule has 3 saturated heterocycles. The fourth-order valence-electron chi connectivity index (χ4n) is 8.83. The van der Waals surface area contributed by atoms with Gasteiger partial charge in [-0.05, 0) is 106 Å². The molecule has 4 aliphatic rings. The average molecular weight is 796 g/mol. The Labute approximate surface area is 338 Å². The van der Waals surface area contributed by atoms with Crippen molar-refractivity contribution < 1.29 is 23.9 Å². The monoisotopic (exact) mass is 795 g/mol. The lowest BCUT2D eigenvalue weighted by Gasteiger charge is -2.43. The zero-order chi connectivity index (χ0) is 40.1. The Kier molecular flexibility index (Phi) is 12.5. The van der Waals surface area contributed by atoms with Gasteiger partial charge in [-0.3, -0.25) is 29.4 Å². The Bertz CT molecular complexity index is 1970. The SMILES string of the molecule is C[C@H]([C@H]1CCC(=O)NC1=O)N(C(=O)c1ccc(N2CCN(CC3CCN(c4ccc(C(N)=O)nn4)CC3)CC2)cc1)C1CCC(Oc2ccc(C#N)c(Cl)c2)CC1. The molecule has 4 heterocycles. The van der Waals surface area contributed by atoms with Gasteiger partial charge in [0.05, 0.1) is 22.6 Å². The minimum Gasteiger partial charge on any atom is -0.490 e. The largest absolute Gasteiger partial charge is 0.490 e. The molecular formula is C42H50ClN9O5. The molecule has 2 aromatic carbocycles. The van der Waals surface area contributed by atoms with Gasteiger partial charge in [-0.2, -0.15) is 5.26 Å². The van der Waals surface area contributed by atoms with Gasteiger partial charge in [-0.25, -0.2) is 0 Å². The smallest absolute Gasteiger partial charge is 0.269 e. The van der Waals surface area contributed by atoms with Crippen LogP contribution in [-0.2, 0) is 9.59 Å². The lowest BCUT2D eigenvalue weighted by Crippen LogP contribution is -2.55. The number of amides is 4. The standard InChI is InChI=1S/C42H50ClN9O5/c1-27(35-12-15-39(53)46-41(35)55)52(32-7-10-33(11-8-32)57-34-9-4-30(25-44)36(43)24-34)42(56)29-2-5-31(6-3-29)50-22-20-49(21-23-50)26-28-16-18-51(19-17-28)38-14-13-37(40(45)54)47-48-38/h2-6,9,13-14,24,27-28,32-33,35H,7-8,10-12,15-23,26H2,1H3,(H2,45,54)(H,46,53,55)/t27-,32?,33?,35-/m1/s1. The molecule has 1 aliphatic carbocycles. The first-order valence-electron chi connectivity index (χ1n) is 20.0. The number of aromatic nitrogens is 2. The number of primary amides is 1. The summed E-state index contributed by atoms with van der Waals surface area (Å²) in [6, 6.07) is 17.9. The molecule has 0 unspecified atom stereocenters. The molecule has 4 amide bonds. The fourth-order valence-corrected chi connectivity index (χ4v) is 9.04. The third-order valence-corrected chi connectivity index (χ3v) is 12.5. The number of piperidine rings is 2. The molecule has 300 valence electrons. The minimum absolute atomic E-state index is 0.0727. The molecule has 1 saturated carbocycles. The highest BCUT2D eigenvalue weighted by atomic mass is 35.5. The topological polar surface area (TPSA) is 178 Å². The molecule has 0 radical (unpaired) electrons. The van der Waals surface area contributed by atoms with Crippen molar-refractivity contribution in [2.45, 2.75) is 76.5 Å². The van der Waals surface area contributed by atoms with Crippen LogP contribution in [0.15, 0.2) is 54.6 Å². The fraction of sp³-hybridized carbons (Fsp3) is 0.500. The molecule has 2 atom stereocenters. The summed E-state index contributed by atoms with van der Waals surface area (Å²) in [7, 11) is 0. The second kappa shape index (κ2) is 17.9. The summed E-state index contributed by atoms with van der Waals surface area (Å²) >= 11 is 6.24. The summed E-state index contributed by atoms with van der Waals surface area (Å²) in [6.45, 7) is 8.49. The van der Waals surface area contributed by atoms with Crippen LogP contribution in [0, 0.1) is 23.2 Å². The maximum Gasteiger partial charge on any atom is 0.269 e. The average Bonchev–Trinajstić information content (AvgIpc) is 3.22. The lowest BCUT2D eigenvalue weighted by atomic mass is 9.85. The molecule has 57 heavy (non-hydrogen) atoms. The number of ether oxygens (including phenoxy) is 1. The number of imide groups is 1. The van der Waals surface area contributed by atoms with Gasteiger partial charge in [0.2, 0.25) is 11.8 Å². The second-order valence-corrected chi connectivity index (χ2v) is 16.1. The number of nitriles is 1. The van der Waals surface area contributed by atoms with Gasteiger partial charge in [0.15, 0.2) is 11.5 Å². The number of nitrogens with two attached hydrogens (primary N) is 1. The summed E-state index contributed by atoms with van der Waals surface area (Å²) in [6.07, 6.45) is 5.53. The van der Waals surface area contributed by atoms with E-state index in [4.69, 9.17) is 22.1 Å². The molecule has 3 aliphatic heterocycles. The number of rotatable bonds is 11. The summed E-state index contributed by atoms with van der Waals surface area (Å²) in [5.74, 6) is 0.202. The Hall–Kier alpha value is -5.26. The van der Waals surface area contributed by atoms with Gasteiger partial charge in [0, 0.05) is 81.6 Å². The maximum absolute atomic E-state index is 14.4. The van der Waals surface area contributed by atoms with Gasteiger partial charge in [0.1, 0.15) is 11.8 Å². The van der Waals surface area contributed by atoms with E-state index in [2.05, 4.69) is 36.3 Å². The zero-order valence-corrected chi connectivity index (χ0v) is 33.1. The second-order valence-electron chi connectivity index (χ2n) is 15.7. The quantitative estimate of drug-likeness (QED) is 0.263. The van der Waals surface area contributed by atoms with Crippen molar-refractivity contribution in [1.82, 2.24) is 25.3 Å². The Morgan fingerprint density at radius 2 is 1.65 bits per heavy atom. The van der Waals surface area contributed by atoms with Crippen molar-refractivity contribution >= 4 is 46.7 Å². The van der Waals surface area contributed by atoms with Crippen molar-refractivity contribution in [2.75, 3.05) is 55.6 Å². The van der Waals surface area contributed by atoms with E-state index >= 15 is 0 Å². The van der Waals surface area contributed by atoms with Gasteiger partial charge < -0.3 is 25.2 Å². The lowest BCUT2D eigenvalue weighted by molar-refractivity contribution is -0.138. The number of benzene rings is 2. The number of nitrogens with zero attached hydrogens (tertiary/aromatic N) is 7. The maximum atomic E-state index is 14.4. The van der Waals surface area contributed by atoms with Gasteiger partial charge in [0.25, 0.3) is 11.8 Å². The predicted octanol–water partition coefficient (Wildman–Crippen LogP) is 4.41. The van der Waals surface area contributed by atoms with Crippen LogP contribution in [0.25, 0.3) is 0 Å². The van der Waals surface area contributed by atoms with E-state index in [-0.39, 0.29) is 42.0 Å². The number of carbonyl (C=O) groups excluding carboxylic acids is 4. The van der Waals surface area contributed by atoms with Crippen LogP contribution < -0.4 is 25.6 Å². The van der Waals surface area contributed by atoms with Crippen molar-refractivity contribution in [3.05, 3.63) is 76.4 Å². The normalized spacial score (nSPS) is 22.6. The molecule has 3 aromatic rings. The first-order chi connectivity index (χ1) is 27.6. The van der Waals surface area contributed by atoms with E-state index in [0.29, 0.717) is 59.9 Å². The highest BCUT2D eigenvalue weighted by molar-refractivity contribution is 6.31. The van der Waals surface area contributed by atoms with Crippen LogP contribution in [0.1, 0.15) is 84.7 Å². The first kappa shape index (κ1) is 40.0. The molecular weight excluding hydrogens is 746 g/mol.